The normalized spacial score (nSPS) is 16.2. The van der Waals surface area contributed by atoms with Crippen LogP contribution >= 0.6 is 0 Å². The van der Waals surface area contributed by atoms with E-state index in [1.165, 1.54) is 0 Å². The summed E-state index contributed by atoms with van der Waals surface area (Å²) >= 11 is 0. The fourth-order valence-corrected chi connectivity index (χ4v) is 3.88. The van der Waals surface area contributed by atoms with Crippen molar-refractivity contribution >= 4 is 29.0 Å². The van der Waals surface area contributed by atoms with Crippen molar-refractivity contribution in [3.05, 3.63) is 36.2 Å². The minimum atomic E-state index is -0.616. The van der Waals surface area contributed by atoms with Crippen LogP contribution in [-0.2, 0) is 0 Å². The van der Waals surface area contributed by atoms with Gasteiger partial charge in [-0.1, -0.05) is 0 Å². The number of nitrogens with one attached hydrogen (secondary N) is 2. The Morgan fingerprint density at radius 2 is 2.03 bits per heavy atom. The van der Waals surface area contributed by atoms with Crippen LogP contribution in [0.5, 0.6) is 11.5 Å². The summed E-state index contributed by atoms with van der Waals surface area (Å²) < 4.78 is 12.5. The van der Waals surface area contributed by atoms with Crippen molar-refractivity contribution in [2.75, 3.05) is 44.6 Å². The predicted octanol–water partition coefficient (Wildman–Crippen LogP) is 1.78. The van der Waals surface area contributed by atoms with Gasteiger partial charge in [0.15, 0.2) is 11.5 Å². The zero-order valence-corrected chi connectivity index (χ0v) is 17.9. The second-order valence-corrected chi connectivity index (χ2v) is 7.46. The lowest BCUT2D eigenvalue weighted by Crippen LogP contribution is -2.45. The van der Waals surface area contributed by atoms with E-state index in [0.717, 1.165) is 25.9 Å². The number of ether oxygens (including phenoxy) is 2. The van der Waals surface area contributed by atoms with E-state index < -0.39 is 5.91 Å². The standard InChI is InChI=1S/C21H27N7O3/c1-27(14-5-4-6-23-12-14)21-26-19(17(18(22)29)20-24-7-8-28(20)21)25-13-9-15(30-2)11-16(10-13)31-3/h7-11,14,23,25H,4-6,12H2,1-3H3,(H2,22,29). The number of hydrogen-bond acceptors (Lipinski definition) is 8. The number of carbonyl (C=O) groups is 1. The smallest absolute Gasteiger partial charge is 0.256 e. The molecule has 31 heavy (non-hydrogen) atoms. The number of anilines is 3. The quantitative estimate of drug-likeness (QED) is 0.524. The molecule has 1 fully saturated rings. The van der Waals surface area contributed by atoms with Gasteiger partial charge < -0.3 is 30.7 Å². The predicted molar refractivity (Wildman–Crippen MR) is 119 cm³/mol. The molecule has 2 aromatic heterocycles. The molecule has 0 bridgehead atoms. The minimum Gasteiger partial charge on any atom is -0.497 e. The van der Waals surface area contributed by atoms with E-state index in [9.17, 15) is 4.79 Å². The summed E-state index contributed by atoms with van der Waals surface area (Å²) in [4.78, 5) is 23.7. The molecule has 4 rings (SSSR count). The van der Waals surface area contributed by atoms with Crippen molar-refractivity contribution in [1.29, 1.82) is 0 Å². The van der Waals surface area contributed by atoms with Crippen LogP contribution in [0.2, 0.25) is 0 Å². The third kappa shape index (κ3) is 4.06. The van der Waals surface area contributed by atoms with Crippen LogP contribution in [0.15, 0.2) is 30.6 Å². The van der Waals surface area contributed by atoms with Crippen molar-refractivity contribution in [3.8, 4) is 11.5 Å². The Morgan fingerprint density at radius 1 is 1.29 bits per heavy atom. The molecule has 0 radical (unpaired) electrons. The van der Waals surface area contributed by atoms with E-state index in [0.29, 0.717) is 34.6 Å². The number of hydrogen-bond donors (Lipinski definition) is 3. The third-order valence-electron chi connectivity index (χ3n) is 5.52. The molecular weight excluding hydrogens is 398 g/mol. The van der Waals surface area contributed by atoms with Crippen LogP contribution in [-0.4, -0.2) is 60.7 Å². The number of benzene rings is 1. The molecule has 0 spiro atoms. The summed E-state index contributed by atoms with van der Waals surface area (Å²) in [6, 6.07) is 5.62. The number of rotatable bonds is 7. The van der Waals surface area contributed by atoms with Crippen molar-refractivity contribution in [1.82, 2.24) is 19.7 Å². The first-order chi connectivity index (χ1) is 15.0. The molecule has 1 atom stereocenters. The van der Waals surface area contributed by atoms with Gasteiger partial charge in [0.1, 0.15) is 17.1 Å². The van der Waals surface area contributed by atoms with Crippen molar-refractivity contribution in [2.45, 2.75) is 18.9 Å². The van der Waals surface area contributed by atoms with E-state index in [1.807, 2.05) is 7.05 Å². The van der Waals surface area contributed by atoms with Gasteiger partial charge in [-0.15, -0.1) is 0 Å². The summed E-state index contributed by atoms with van der Waals surface area (Å²) in [6.07, 6.45) is 5.57. The van der Waals surface area contributed by atoms with Gasteiger partial charge in [-0.25, -0.2) is 4.98 Å². The van der Waals surface area contributed by atoms with Gasteiger partial charge in [-0.2, -0.15) is 4.98 Å². The molecular formula is C21H27N7O3. The highest BCUT2D eigenvalue weighted by atomic mass is 16.5. The Kier molecular flexibility index (Phi) is 5.81. The van der Waals surface area contributed by atoms with Crippen LogP contribution in [0.1, 0.15) is 23.2 Å². The number of amides is 1. The summed E-state index contributed by atoms with van der Waals surface area (Å²) in [7, 11) is 5.16. The van der Waals surface area contributed by atoms with Gasteiger partial charge in [0.2, 0.25) is 5.95 Å². The number of nitrogens with two attached hydrogens (primary N) is 1. The number of fused-ring (bicyclic) bond motifs is 1. The summed E-state index contributed by atoms with van der Waals surface area (Å²) in [6.45, 7) is 1.88. The van der Waals surface area contributed by atoms with E-state index in [2.05, 4.69) is 20.5 Å². The first-order valence-electron chi connectivity index (χ1n) is 10.1. The molecule has 0 saturated carbocycles. The Labute approximate surface area is 180 Å². The van der Waals surface area contributed by atoms with Crippen molar-refractivity contribution in [3.63, 3.8) is 0 Å². The average molecular weight is 425 g/mol. The lowest BCUT2D eigenvalue weighted by molar-refractivity contribution is 0.100. The molecule has 0 aliphatic carbocycles. The molecule has 10 heteroatoms. The molecule has 1 aromatic carbocycles. The van der Waals surface area contributed by atoms with Gasteiger partial charge in [0, 0.05) is 55.9 Å². The Bertz CT molecular complexity index is 1070. The second kappa shape index (κ2) is 8.68. The maximum Gasteiger partial charge on any atom is 0.256 e. The SMILES string of the molecule is COc1cc(Nc2nc(N(C)C3CCCNC3)n3ccnc3c2C(N)=O)cc(OC)c1. The lowest BCUT2D eigenvalue weighted by atomic mass is 10.1. The number of carbonyl (C=O) groups excluding carboxylic acids is 1. The zero-order valence-electron chi connectivity index (χ0n) is 17.9. The highest BCUT2D eigenvalue weighted by Crippen LogP contribution is 2.31. The maximum atomic E-state index is 12.4. The number of nitrogens with zero attached hydrogens (tertiary/aromatic N) is 4. The van der Waals surface area contributed by atoms with Crippen LogP contribution in [0.3, 0.4) is 0 Å². The Hall–Kier alpha value is -3.53. The second-order valence-electron chi connectivity index (χ2n) is 7.46. The first kappa shape index (κ1) is 20.7. The third-order valence-corrected chi connectivity index (χ3v) is 5.52. The van der Waals surface area contributed by atoms with E-state index in [1.54, 1.807) is 49.2 Å². The van der Waals surface area contributed by atoms with Gasteiger partial charge in [0.25, 0.3) is 5.91 Å². The largest absolute Gasteiger partial charge is 0.497 e. The zero-order chi connectivity index (χ0) is 22.0. The summed E-state index contributed by atoms with van der Waals surface area (Å²) in [5.41, 5.74) is 7.04. The van der Waals surface area contributed by atoms with E-state index >= 15 is 0 Å². The van der Waals surface area contributed by atoms with Crippen molar-refractivity contribution < 1.29 is 14.3 Å². The molecule has 1 aliphatic rings. The number of imidazole rings is 1. The van der Waals surface area contributed by atoms with E-state index in [-0.39, 0.29) is 11.6 Å². The number of methoxy groups -OCH3 is 2. The minimum absolute atomic E-state index is 0.214. The lowest BCUT2D eigenvalue weighted by Gasteiger charge is -2.33. The van der Waals surface area contributed by atoms with Gasteiger partial charge >= 0.3 is 0 Å². The van der Waals surface area contributed by atoms with Gasteiger partial charge in [-0.05, 0) is 19.4 Å². The highest BCUT2D eigenvalue weighted by molar-refractivity contribution is 6.04. The fraction of sp³-hybridized carbons (Fsp3) is 0.381. The van der Waals surface area contributed by atoms with Crippen LogP contribution < -0.4 is 30.7 Å². The molecule has 1 amide bonds. The van der Waals surface area contributed by atoms with Crippen LogP contribution in [0.4, 0.5) is 17.5 Å². The number of primary amides is 1. The molecule has 1 aliphatic heterocycles. The number of aromatic nitrogens is 3. The van der Waals surface area contributed by atoms with E-state index in [4.69, 9.17) is 20.2 Å². The number of likely N-dealkylation sites (N-methyl/N-ethyl adjacent to an activating group) is 1. The molecule has 164 valence electrons. The Morgan fingerprint density at radius 3 is 2.65 bits per heavy atom. The monoisotopic (exact) mass is 425 g/mol. The summed E-state index contributed by atoms with van der Waals surface area (Å²) in [5.74, 6) is 1.59. The van der Waals surface area contributed by atoms with Gasteiger partial charge in [-0.3, -0.25) is 9.20 Å². The highest BCUT2D eigenvalue weighted by Gasteiger charge is 2.25. The summed E-state index contributed by atoms with van der Waals surface area (Å²) in [5, 5.41) is 6.64. The molecule has 1 saturated heterocycles. The molecule has 4 N–H and O–H groups in total. The average Bonchev–Trinajstić information content (AvgIpc) is 3.27. The maximum absolute atomic E-state index is 12.4. The van der Waals surface area contributed by atoms with Crippen molar-refractivity contribution in [2.24, 2.45) is 5.73 Å². The Balaban J connectivity index is 1.82. The molecule has 3 aromatic rings. The molecule has 3 heterocycles. The molecule has 10 nitrogen and oxygen atoms in total. The topological polar surface area (TPSA) is 119 Å². The molecule has 1 unspecified atom stereocenters. The number of piperidine rings is 1. The van der Waals surface area contributed by atoms with Crippen LogP contribution in [0.25, 0.3) is 5.65 Å². The first-order valence-corrected chi connectivity index (χ1v) is 10.1. The van der Waals surface area contributed by atoms with Gasteiger partial charge in [0.05, 0.1) is 14.2 Å². The van der Waals surface area contributed by atoms with Crippen LogP contribution in [0, 0.1) is 0 Å². The fourth-order valence-electron chi connectivity index (χ4n) is 3.88.